The predicted octanol–water partition coefficient (Wildman–Crippen LogP) is 2.17. The number of aliphatic hydroxyl groups is 1. The maximum Gasteiger partial charge on any atom is 0.0885 e. The Labute approximate surface area is 107 Å². The molecular formula is C15H18N2O. The zero-order chi connectivity index (χ0) is 13.0. The third-order valence-corrected chi connectivity index (χ3v) is 3.12. The summed E-state index contributed by atoms with van der Waals surface area (Å²) in [4.78, 5) is 4.27. The Balaban J connectivity index is 2.25. The van der Waals surface area contributed by atoms with Gasteiger partial charge >= 0.3 is 0 Å². The van der Waals surface area contributed by atoms with Gasteiger partial charge in [-0.3, -0.25) is 4.98 Å². The Hall–Kier alpha value is -1.71. The Kier molecular flexibility index (Phi) is 4.07. The molecule has 2 aromatic rings. The summed E-state index contributed by atoms with van der Waals surface area (Å²) in [5.41, 5.74) is 8.65. The number of hydrogen-bond donors (Lipinski definition) is 2. The van der Waals surface area contributed by atoms with E-state index in [-0.39, 0.29) is 5.92 Å². The van der Waals surface area contributed by atoms with Crippen molar-refractivity contribution in [1.82, 2.24) is 4.98 Å². The van der Waals surface area contributed by atoms with Crippen molar-refractivity contribution in [3.8, 4) is 0 Å². The second-order valence-electron chi connectivity index (χ2n) is 4.45. The van der Waals surface area contributed by atoms with Crippen LogP contribution in [0.15, 0.2) is 48.7 Å². The summed E-state index contributed by atoms with van der Waals surface area (Å²) in [5, 5.41) is 10.4. The smallest absolute Gasteiger partial charge is 0.0885 e. The minimum Gasteiger partial charge on any atom is -0.388 e. The zero-order valence-corrected chi connectivity index (χ0v) is 10.5. The molecule has 2 rings (SSSR count). The quantitative estimate of drug-likeness (QED) is 0.863. The van der Waals surface area contributed by atoms with Gasteiger partial charge in [-0.05, 0) is 24.6 Å². The molecule has 2 atom stereocenters. The van der Waals surface area contributed by atoms with Gasteiger partial charge in [0.15, 0.2) is 0 Å². The van der Waals surface area contributed by atoms with Crippen LogP contribution in [0.4, 0.5) is 0 Å². The lowest BCUT2D eigenvalue weighted by Crippen LogP contribution is -2.21. The summed E-state index contributed by atoms with van der Waals surface area (Å²) in [6, 6.07) is 13.5. The van der Waals surface area contributed by atoms with Crippen molar-refractivity contribution in [1.29, 1.82) is 0 Å². The van der Waals surface area contributed by atoms with Crippen molar-refractivity contribution in [2.24, 2.45) is 5.73 Å². The molecule has 1 heterocycles. The molecule has 0 fully saturated rings. The van der Waals surface area contributed by atoms with Gasteiger partial charge in [0.25, 0.3) is 0 Å². The molecule has 0 saturated heterocycles. The van der Waals surface area contributed by atoms with Gasteiger partial charge in [0, 0.05) is 24.4 Å². The van der Waals surface area contributed by atoms with E-state index in [1.807, 2.05) is 49.4 Å². The van der Waals surface area contributed by atoms with E-state index in [0.29, 0.717) is 6.54 Å². The number of hydrogen-bond acceptors (Lipinski definition) is 3. The van der Waals surface area contributed by atoms with Gasteiger partial charge < -0.3 is 10.8 Å². The molecule has 2 unspecified atom stereocenters. The molecule has 1 aromatic heterocycles. The van der Waals surface area contributed by atoms with Crippen molar-refractivity contribution >= 4 is 0 Å². The van der Waals surface area contributed by atoms with E-state index in [1.165, 1.54) is 5.56 Å². The van der Waals surface area contributed by atoms with E-state index in [4.69, 9.17) is 5.73 Å². The van der Waals surface area contributed by atoms with E-state index in [0.717, 1.165) is 11.3 Å². The van der Waals surface area contributed by atoms with Gasteiger partial charge in [-0.15, -0.1) is 0 Å². The number of aromatic nitrogens is 1. The van der Waals surface area contributed by atoms with E-state index in [2.05, 4.69) is 4.98 Å². The van der Waals surface area contributed by atoms with Gasteiger partial charge in [0.1, 0.15) is 0 Å². The minimum atomic E-state index is -0.620. The topological polar surface area (TPSA) is 59.1 Å². The molecule has 94 valence electrons. The molecule has 0 bridgehead atoms. The summed E-state index contributed by atoms with van der Waals surface area (Å²) >= 11 is 0. The molecule has 1 aromatic carbocycles. The van der Waals surface area contributed by atoms with Crippen molar-refractivity contribution in [2.75, 3.05) is 6.54 Å². The summed E-state index contributed by atoms with van der Waals surface area (Å²) < 4.78 is 0. The number of nitrogens with two attached hydrogens (primary N) is 1. The highest BCUT2D eigenvalue weighted by molar-refractivity contribution is 5.26. The van der Waals surface area contributed by atoms with Crippen LogP contribution in [-0.4, -0.2) is 16.6 Å². The van der Waals surface area contributed by atoms with Crippen molar-refractivity contribution in [2.45, 2.75) is 18.9 Å². The van der Waals surface area contributed by atoms with Gasteiger partial charge in [-0.2, -0.15) is 0 Å². The van der Waals surface area contributed by atoms with E-state index in [1.54, 1.807) is 6.20 Å². The van der Waals surface area contributed by atoms with Crippen LogP contribution >= 0.6 is 0 Å². The fourth-order valence-corrected chi connectivity index (χ4v) is 2.00. The van der Waals surface area contributed by atoms with Gasteiger partial charge in [0.05, 0.1) is 6.10 Å². The van der Waals surface area contributed by atoms with E-state index in [9.17, 15) is 5.11 Å². The first kappa shape index (κ1) is 12.7. The first-order valence-electron chi connectivity index (χ1n) is 6.08. The summed E-state index contributed by atoms with van der Waals surface area (Å²) in [5.74, 6) is -0.172. The molecule has 3 heteroatoms. The fraction of sp³-hybridized carbons (Fsp3) is 0.267. The maximum absolute atomic E-state index is 10.4. The predicted molar refractivity (Wildman–Crippen MR) is 72.2 cm³/mol. The Morgan fingerprint density at radius 3 is 2.44 bits per heavy atom. The Morgan fingerprint density at radius 1 is 1.17 bits per heavy atom. The molecule has 0 aliphatic rings. The Bertz CT molecular complexity index is 482. The maximum atomic E-state index is 10.4. The minimum absolute atomic E-state index is 0.172. The molecule has 0 saturated carbocycles. The van der Waals surface area contributed by atoms with Crippen molar-refractivity contribution in [3.63, 3.8) is 0 Å². The number of benzene rings is 1. The highest BCUT2D eigenvalue weighted by Crippen LogP contribution is 2.28. The number of aliphatic hydroxyl groups excluding tert-OH is 1. The zero-order valence-electron chi connectivity index (χ0n) is 10.5. The van der Waals surface area contributed by atoms with Crippen LogP contribution in [0.5, 0.6) is 0 Å². The van der Waals surface area contributed by atoms with Gasteiger partial charge in [-0.1, -0.05) is 35.9 Å². The van der Waals surface area contributed by atoms with Crippen LogP contribution < -0.4 is 5.73 Å². The SMILES string of the molecule is Cc1ccc(C(O)C(CN)c2ccccn2)cc1. The molecule has 0 amide bonds. The van der Waals surface area contributed by atoms with Crippen LogP contribution in [0, 0.1) is 6.92 Å². The van der Waals surface area contributed by atoms with E-state index >= 15 is 0 Å². The van der Waals surface area contributed by atoms with Gasteiger partial charge in [-0.25, -0.2) is 0 Å². The first-order valence-corrected chi connectivity index (χ1v) is 6.08. The lowest BCUT2D eigenvalue weighted by atomic mass is 9.92. The lowest BCUT2D eigenvalue weighted by molar-refractivity contribution is 0.145. The van der Waals surface area contributed by atoms with Crippen LogP contribution in [-0.2, 0) is 0 Å². The largest absolute Gasteiger partial charge is 0.388 e. The molecule has 3 nitrogen and oxygen atoms in total. The van der Waals surface area contributed by atoms with Gasteiger partial charge in [0.2, 0.25) is 0 Å². The van der Waals surface area contributed by atoms with Crippen LogP contribution in [0.25, 0.3) is 0 Å². The summed E-state index contributed by atoms with van der Waals surface area (Å²) in [7, 11) is 0. The standard InChI is InChI=1S/C15H18N2O/c1-11-5-7-12(8-6-11)15(18)13(10-16)14-4-2-3-9-17-14/h2-9,13,15,18H,10,16H2,1H3. The third kappa shape index (κ3) is 2.75. The normalized spacial score (nSPS) is 14.2. The first-order chi connectivity index (χ1) is 8.72. The number of nitrogens with zero attached hydrogens (tertiary/aromatic N) is 1. The second-order valence-corrected chi connectivity index (χ2v) is 4.45. The van der Waals surface area contributed by atoms with Crippen LogP contribution in [0.1, 0.15) is 28.8 Å². The highest BCUT2D eigenvalue weighted by Gasteiger charge is 2.22. The van der Waals surface area contributed by atoms with Crippen molar-refractivity contribution in [3.05, 3.63) is 65.5 Å². The molecule has 0 radical (unpaired) electrons. The Morgan fingerprint density at radius 2 is 1.89 bits per heavy atom. The average Bonchev–Trinajstić information content (AvgIpc) is 2.41. The molecule has 0 spiro atoms. The molecule has 0 aliphatic heterocycles. The number of aryl methyl sites for hydroxylation is 1. The number of rotatable bonds is 4. The monoisotopic (exact) mass is 242 g/mol. The summed E-state index contributed by atoms with van der Waals surface area (Å²) in [6.45, 7) is 2.39. The third-order valence-electron chi connectivity index (χ3n) is 3.12. The molecule has 0 aliphatic carbocycles. The highest BCUT2D eigenvalue weighted by atomic mass is 16.3. The second kappa shape index (κ2) is 5.76. The van der Waals surface area contributed by atoms with Crippen LogP contribution in [0.2, 0.25) is 0 Å². The average molecular weight is 242 g/mol. The van der Waals surface area contributed by atoms with Crippen molar-refractivity contribution < 1.29 is 5.11 Å². The molecule has 3 N–H and O–H groups in total. The number of pyridine rings is 1. The lowest BCUT2D eigenvalue weighted by Gasteiger charge is -2.21. The van der Waals surface area contributed by atoms with Crippen LogP contribution in [0.3, 0.4) is 0 Å². The molecule has 18 heavy (non-hydrogen) atoms. The summed E-state index contributed by atoms with van der Waals surface area (Å²) in [6.07, 6.45) is 1.10. The van der Waals surface area contributed by atoms with E-state index < -0.39 is 6.10 Å². The molecular weight excluding hydrogens is 224 g/mol. The fourth-order valence-electron chi connectivity index (χ4n) is 2.00.